The first-order valence-corrected chi connectivity index (χ1v) is 7.50. The largest absolute Gasteiger partial charge is 0.330 e. The fourth-order valence-electron chi connectivity index (χ4n) is 1.89. The third-order valence-corrected chi connectivity index (χ3v) is 4.24. The molecule has 5 heteroatoms. The van der Waals surface area contributed by atoms with Crippen LogP contribution in [0.5, 0.6) is 0 Å². The first-order chi connectivity index (χ1) is 9.11. The molecule has 0 aliphatic rings. The number of anilines is 2. The fraction of sp³-hybridized carbons (Fsp3) is 0.143. The predicted molar refractivity (Wildman–Crippen MR) is 84.3 cm³/mol. The Hall–Kier alpha value is -1.46. The molecule has 3 nitrogen and oxygen atoms in total. The molecule has 0 saturated heterocycles. The zero-order chi connectivity index (χ0) is 13.4. The van der Waals surface area contributed by atoms with Crippen molar-refractivity contribution < 1.29 is 0 Å². The first kappa shape index (κ1) is 12.6. The van der Waals surface area contributed by atoms with Crippen molar-refractivity contribution in [2.75, 3.05) is 5.32 Å². The lowest BCUT2D eigenvalue weighted by Gasteiger charge is -2.06. The van der Waals surface area contributed by atoms with Crippen LogP contribution in [0.15, 0.2) is 34.8 Å². The Labute approximate surface area is 123 Å². The van der Waals surface area contributed by atoms with Gasteiger partial charge >= 0.3 is 0 Å². The maximum Gasteiger partial charge on any atom is 0.188 e. The van der Waals surface area contributed by atoms with Crippen LogP contribution in [-0.2, 0) is 0 Å². The molecule has 0 amide bonds. The number of nitrogens with one attached hydrogen (secondary N) is 1. The highest BCUT2D eigenvalue weighted by Crippen LogP contribution is 2.30. The fourth-order valence-corrected chi connectivity index (χ4v) is 3.32. The summed E-state index contributed by atoms with van der Waals surface area (Å²) in [6.07, 6.45) is 0. The van der Waals surface area contributed by atoms with Crippen LogP contribution in [-0.4, -0.2) is 9.97 Å². The van der Waals surface area contributed by atoms with Crippen molar-refractivity contribution in [3.63, 3.8) is 0 Å². The molecule has 2 aromatic heterocycles. The van der Waals surface area contributed by atoms with Gasteiger partial charge in [0, 0.05) is 10.2 Å². The standard InChI is InChI=1S/C14H12BrN3S/c1-8-3-5-11(9(2)16-8)17-14-18-12-6-4-10(15)7-13(12)19-14/h3-7H,1-2H3,(H,17,18). The molecule has 3 rings (SSSR count). The van der Waals surface area contributed by atoms with Crippen molar-refractivity contribution >= 4 is 48.3 Å². The summed E-state index contributed by atoms with van der Waals surface area (Å²) in [6, 6.07) is 10.1. The van der Waals surface area contributed by atoms with E-state index in [2.05, 4.69) is 37.3 Å². The van der Waals surface area contributed by atoms with Gasteiger partial charge in [-0.05, 0) is 44.2 Å². The molecule has 1 aromatic carbocycles. The second-order valence-electron chi connectivity index (χ2n) is 4.34. The van der Waals surface area contributed by atoms with E-state index >= 15 is 0 Å². The number of benzene rings is 1. The van der Waals surface area contributed by atoms with Gasteiger partial charge in [-0.15, -0.1) is 0 Å². The molecule has 19 heavy (non-hydrogen) atoms. The number of hydrogen-bond donors (Lipinski definition) is 1. The van der Waals surface area contributed by atoms with Gasteiger partial charge in [0.2, 0.25) is 0 Å². The Morgan fingerprint density at radius 1 is 1.11 bits per heavy atom. The molecule has 0 atom stereocenters. The number of pyridine rings is 1. The number of fused-ring (bicyclic) bond motifs is 1. The van der Waals surface area contributed by atoms with Crippen molar-refractivity contribution in [2.45, 2.75) is 13.8 Å². The van der Waals surface area contributed by atoms with E-state index in [1.54, 1.807) is 11.3 Å². The second-order valence-corrected chi connectivity index (χ2v) is 6.29. The van der Waals surface area contributed by atoms with Crippen molar-refractivity contribution in [3.05, 3.63) is 46.2 Å². The minimum Gasteiger partial charge on any atom is -0.330 e. The van der Waals surface area contributed by atoms with E-state index in [0.29, 0.717) is 0 Å². The molecule has 0 radical (unpaired) electrons. The summed E-state index contributed by atoms with van der Waals surface area (Å²) in [4.78, 5) is 9.02. The first-order valence-electron chi connectivity index (χ1n) is 5.89. The molecule has 3 aromatic rings. The second kappa shape index (κ2) is 4.90. The smallest absolute Gasteiger partial charge is 0.188 e. The van der Waals surface area contributed by atoms with Crippen molar-refractivity contribution in [3.8, 4) is 0 Å². The molecular formula is C14H12BrN3S. The number of hydrogen-bond acceptors (Lipinski definition) is 4. The number of rotatable bonds is 2. The Bertz CT molecular complexity index is 752. The molecular weight excluding hydrogens is 322 g/mol. The maximum absolute atomic E-state index is 4.57. The highest BCUT2D eigenvalue weighted by molar-refractivity contribution is 9.10. The van der Waals surface area contributed by atoms with Crippen LogP contribution in [0, 0.1) is 13.8 Å². The predicted octanol–water partition coefficient (Wildman–Crippen LogP) is 4.81. The summed E-state index contributed by atoms with van der Waals surface area (Å²) >= 11 is 5.12. The zero-order valence-electron chi connectivity index (χ0n) is 10.6. The van der Waals surface area contributed by atoms with E-state index < -0.39 is 0 Å². The van der Waals surface area contributed by atoms with Crippen LogP contribution >= 0.6 is 27.3 Å². The molecule has 0 aliphatic carbocycles. The van der Waals surface area contributed by atoms with Crippen LogP contribution < -0.4 is 5.32 Å². The van der Waals surface area contributed by atoms with Crippen LogP contribution in [0.25, 0.3) is 10.2 Å². The maximum atomic E-state index is 4.57. The number of aryl methyl sites for hydroxylation is 2. The average Bonchev–Trinajstić information content (AvgIpc) is 2.74. The van der Waals surface area contributed by atoms with Crippen molar-refractivity contribution in [1.29, 1.82) is 0 Å². The van der Waals surface area contributed by atoms with Crippen molar-refractivity contribution in [1.82, 2.24) is 9.97 Å². The summed E-state index contributed by atoms with van der Waals surface area (Å²) in [7, 11) is 0. The van der Waals surface area contributed by atoms with E-state index in [9.17, 15) is 0 Å². The molecule has 0 saturated carbocycles. The van der Waals surface area contributed by atoms with Gasteiger partial charge < -0.3 is 5.32 Å². The highest BCUT2D eigenvalue weighted by atomic mass is 79.9. The highest BCUT2D eigenvalue weighted by Gasteiger charge is 2.06. The summed E-state index contributed by atoms with van der Waals surface area (Å²) in [5.74, 6) is 0. The molecule has 0 unspecified atom stereocenters. The van der Waals surface area contributed by atoms with Crippen LogP contribution in [0.3, 0.4) is 0 Å². The third kappa shape index (κ3) is 2.62. The molecule has 0 fully saturated rings. The topological polar surface area (TPSA) is 37.8 Å². The number of nitrogens with zero attached hydrogens (tertiary/aromatic N) is 2. The molecule has 0 spiro atoms. The van der Waals surface area contributed by atoms with Gasteiger partial charge in [0.25, 0.3) is 0 Å². The lowest BCUT2D eigenvalue weighted by atomic mass is 10.3. The normalized spacial score (nSPS) is 10.9. The summed E-state index contributed by atoms with van der Waals surface area (Å²) < 4.78 is 2.23. The van der Waals surface area contributed by atoms with E-state index in [4.69, 9.17) is 0 Å². The van der Waals surface area contributed by atoms with Gasteiger partial charge in [0.05, 0.1) is 21.6 Å². The number of thiazole rings is 1. The lowest BCUT2D eigenvalue weighted by molar-refractivity contribution is 1.12. The molecule has 0 aliphatic heterocycles. The van der Waals surface area contributed by atoms with Gasteiger partial charge in [-0.1, -0.05) is 27.3 Å². The minimum atomic E-state index is 0.891. The van der Waals surface area contributed by atoms with Gasteiger partial charge in [0.1, 0.15) is 0 Å². The number of halogens is 1. The Kier molecular flexibility index (Phi) is 3.24. The minimum absolute atomic E-state index is 0.891. The summed E-state index contributed by atoms with van der Waals surface area (Å²) in [6.45, 7) is 3.99. The quantitative estimate of drug-likeness (QED) is 0.730. The van der Waals surface area contributed by atoms with E-state index in [1.165, 1.54) is 0 Å². The lowest BCUT2D eigenvalue weighted by Crippen LogP contribution is -1.95. The van der Waals surface area contributed by atoms with Crippen LogP contribution in [0.2, 0.25) is 0 Å². The molecule has 2 heterocycles. The average molecular weight is 334 g/mol. The Morgan fingerprint density at radius 2 is 1.95 bits per heavy atom. The van der Waals surface area contributed by atoms with Gasteiger partial charge in [-0.25, -0.2) is 4.98 Å². The zero-order valence-corrected chi connectivity index (χ0v) is 13.0. The van der Waals surface area contributed by atoms with E-state index in [1.807, 2.05) is 38.1 Å². The van der Waals surface area contributed by atoms with Crippen LogP contribution in [0.4, 0.5) is 10.8 Å². The SMILES string of the molecule is Cc1ccc(Nc2nc3ccc(Br)cc3s2)c(C)n1. The van der Waals surface area contributed by atoms with Crippen molar-refractivity contribution in [2.24, 2.45) is 0 Å². The Balaban J connectivity index is 1.96. The van der Waals surface area contributed by atoms with E-state index in [-0.39, 0.29) is 0 Å². The molecule has 1 N–H and O–H groups in total. The van der Waals surface area contributed by atoms with E-state index in [0.717, 1.165) is 36.9 Å². The van der Waals surface area contributed by atoms with Gasteiger partial charge in [0.15, 0.2) is 5.13 Å². The monoisotopic (exact) mass is 333 g/mol. The molecule has 96 valence electrons. The summed E-state index contributed by atoms with van der Waals surface area (Å²) in [5.41, 5.74) is 4.02. The van der Waals surface area contributed by atoms with Gasteiger partial charge in [-0.2, -0.15) is 0 Å². The third-order valence-electron chi connectivity index (χ3n) is 2.82. The number of aromatic nitrogens is 2. The van der Waals surface area contributed by atoms with Gasteiger partial charge in [-0.3, -0.25) is 4.98 Å². The molecule has 0 bridgehead atoms. The Morgan fingerprint density at radius 3 is 2.74 bits per heavy atom. The van der Waals surface area contributed by atoms with Crippen LogP contribution in [0.1, 0.15) is 11.4 Å². The summed E-state index contributed by atoms with van der Waals surface area (Å²) in [5, 5.41) is 4.23.